The van der Waals surface area contributed by atoms with Crippen molar-refractivity contribution in [3.05, 3.63) is 29.8 Å². The number of aliphatic imine (C=N–C) groups is 1. The molecular formula is C53H89N15O14S. The fraction of sp³-hybridized carbons (Fsp3) is 0.660. The average molecular weight is 1190 g/mol. The normalized spacial score (nSPS) is 15.8. The van der Waals surface area contributed by atoms with Gasteiger partial charge in [-0.05, 0) is 102 Å². The quantitative estimate of drug-likeness (QED) is 0.0131. The molecule has 0 unspecified atom stereocenters. The lowest BCUT2D eigenvalue weighted by Gasteiger charge is -2.31. The van der Waals surface area contributed by atoms with E-state index in [1.165, 1.54) is 41.0 Å². The van der Waals surface area contributed by atoms with E-state index in [0.29, 0.717) is 31.2 Å². The van der Waals surface area contributed by atoms with Crippen LogP contribution in [0.15, 0.2) is 29.3 Å². The molecule has 1 aliphatic heterocycles. The van der Waals surface area contributed by atoms with Gasteiger partial charge in [0.2, 0.25) is 59.1 Å². The van der Waals surface area contributed by atoms with Crippen molar-refractivity contribution in [1.29, 1.82) is 0 Å². The third kappa shape index (κ3) is 27.1. The topological polar surface area (TPSA) is 454 Å². The second-order valence-electron chi connectivity index (χ2n) is 21.0. The number of carbonyl (C=O) groups is 11. The molecule has 30 heteroatoms. The van der Waals surface area contributed by atoms with E-state index in [9.17, 15) is 68.1 Å². The van der Waals surface area contributed by atoms with Gasteiger partial charge in [0.05, 0.1) is 25.6 Å². The summed E-state index contributed by atoms with van der Waals surface area (Å²) in [5.74, 6) is -9.52. The standard InChI is InChI=1S/C53H89N15O14S/c1-8-31(4)44(50(79)64-38(52(81)82)23-30(2)3)66-47(76)37(24-33-16-18-34(71)19-17-33)63-49(78)41-15-12-22-68(41)51(80)36(14-11-21-57-53(55)56)62-46(75)35(13-9-10-20-54)60-42(72)25-58-45(74)40(28-83-29-59-32(5)70)65-48(77)39(27-69)61-43(73)26-67(6)7/h16-19,30-31,35-41,44,69,71H,8-15,20-29,54H2,1-7H3,(H,58,74)(H,59,70)(H,60,72)(H,61,73)(H,62,75)(H,63,78)(H,64,79)(H,65,77)(H,66,76)(H,81,82)(H4,55,56,57)/t31-,35-,36-,37-,38-,39-,40-,41-,44-/m0/s1. The first kappa shape index (κ1) is 71.8. The first-order valence-corrected chi connectivity index (χ1v) is 28.9. The fourth-order valence-electron chi connectivity index (χ4n) is 8.60. The average Bonchev–Trinajstić information content (AvgIpc) is 4.21. The van der Waals surface area contributed by atoms with Crippen LogP contribution in [0.5, 0.6) is 5.75 Å². The number of hydrogen-bond acceptors (Lipinski definition) is 17. The first-order valence-electron chi connectivity index (χ1n) is 27.7. The Labute approximate surface area is 488 Å². The zero-order valence-corrected chi connectivity index (χ0v) is 49.4. The number of unbranched alkanes of at least 4 members (excludes halogenated alkanes) is 1. The Bertz CT molecular complexity index is 2360. The smallest absolute Gasteiger partial charge is 0.326 e. The molecule has 0 spiro atoms. The van der Waals surface area contributed by atoms with Crippen LogP contribution in [-0.2, 0) is 59.2 Å². The van der Waals surface area contributed by atoms with Crippen molar-refractivity contribution < 1.29 is 68.1 Å². The van der Waals surface area contributed by atoms with Crippen LogP contribution < -0.4 is 65.1 Å². The number of nitrogens with one attached hydrogen (secondary N) is 9. The molecule has 1 aromatic carbocycles. The van der Waals surface area contributed by atoms with Crippen molar-refractivity contribution in [2.45, 2.75) is 147 Å². The predicted molar refractivity (Wildman–Crippen MR) is 309 cm³/mol. The van der Waals surface area contributed by atoms with Gasteiger partial charge in [0.25, 0.3) is 0 Å². The van der Waals surface area contributed by atoms with Crippen molar-refractivity contribution in [2.75, 3.05) is 65.1 Å². The number of aliphatic hydroxyl groups excluding tert-OH is 1. The Morgan fingerprint density at radius 2 is 1.36 bits per heavy atom. The van der Waals surface area contributed by atoms with Crippen molar-refractivity contribution >= 4 is 82.8 Å². The van der Waals surface area contributed by atoms with Gasteiger partial charge in [-0.2, -0.15) is 0 Å². The minimum atomic E-state index is -1.44. The zero-order chi connectivity index (χ0) is 62.3. The van der Waals surface area contributed by atoms with E-state index in [1.54, 1.807) is 41.8 Å². The lowest BCUT2D eigenvalue weighted by atomic mass is 9.96. The number of phenolic OH excluding ortho intramolecular Hbond substituents is 1. The second kappa shape index (κ2) is 37.7. The van der Waals surface area contributed by atoms with Crippen LogP contribution in [0.1, 0.15) is 98.0 Å². The third-order valence-corrected chi connectivity index (χ3v) is 14.1. The van der Waals surface area contributed by atoms with Crippen molar-refractivity contribution in [1.82, 2.24) is 57.7 Å². The molecule has 1 saturated heterocycles. The molecule has 0 saturated carbocycles. The zero-order valence-electron chi connectivity index (χ0n) is 48.6. The molecule has 0 radical (unpaired) electrons. The predicted octanol–water partition coefficient (Wildman–Crippen LogP) is -3.82. The third-order valence-electron chi connectivity index (χ3n) is 13.2. The molecule has 29 nitrogen and oxygen atoms in total. The van der Waals surface area contributed by atoms with Crippen LogP contribution in [0.2, 0.25) is 0 Å². The molecule has 18 N–H and O–H groups in total. The Morgan fingerprint density at radius 3 is 1.95 bits per heavy atom. The largest absolute Gasteiger partial charge is 0.508 e. The molecule has 1 aliphatic rings. The molecule has 83 heavy (non-hydrogen) atoms. The SMILES string of the molecule is CC[C@H](C)[C@H](NC(=O)[C@H](Cc1ccc(O)cc1)NC(=O)[C@@H]1CCCN1C(=O)[C@H](CCCN=C(N)N)NC(=O)[C@H](CCCCN)NC(=O)CNC(=O)[C@H](CSCNC(C)=O)NC(=O)[C@H](CO)NC(=O)CN(C)C)C(=O)N[C@@H](CC(C)C)C(=O)O. The summed E-state index contributed by atoms with van der Waals surface area (Å²) in [5.41, 5.74) is 17.4. The van der Waals surface area contributed by atoms with Crippen molar-refractivity contribution in [3.8, 4) is 5.75 Å². The first-order chi connectivity index (χ1) is 39.2. The molecule has 1 heterocycles. The highest BCUT2D eigenvalue weighted by Gasteiger charge is 2.40. The number of hydrogen-bond donors (Lipinski definition) is 15. The Kier molecular flexibility index (Phi) is 32.6. The molecule has 466 valence electrons. The van der Waals surface area contributed by atoms with Crippen LogP contribution in [0, 0.1) is 11.8 Å². The highest BCUT2D eigenvalue weighted by atomic mass is 32.2. The summed E-state index contributed by atoms with van der Waals surface area (Å²) in [4.78, 5) is 155. The summed E-state index contributed by atoms with van der Waals surface area (Å²) < 4.78 is 0. The number of guanidine groups is 1. The summed E-state index contributed by atoms with van der Waals surface area (Å²) in [6.07, 6.45) is 1.75. The highest BCUT2D eigenvalue weighted by molar-refractivity contribution is 7.99. The van der Waals surface area contributed by atoms with E-state index < -0.39 is 127 Å². The van der Waals surface area contributed by atoms with Crippen molar-refractivity contribution in [2.24, 2.45) is 34.0 Å². The maximum absolute atomic E-state index is 14.7. The second-order valence-corrected chi connectivity index (χ2v) is 22.0. The van der Waals surface area contributed by atoms with Crippen LogP contribution in [-0.4, -0.2) is 210 Å². The lowest BCUT2D eigenvalue weighted by Crippen LogP contribution is -2.60. The summed E-state index contributed by atoms with van der Waals surface area (Å²) in [6, 6.07) is -4.56. The molecule has 2 rings (SSSR count). The Balaban J connectivity index is 2.43. The molecule has 0 bridgehead atoms. The van der Waals surface area contributed by atoms with E-state index >= 15 is 0 Å². The molecule has 9 atom stereocenters. The van der Waals surface area contributed by atoms with Gasteiger partial charge < -0.3 is 90.2 Å². The van der Waals surface area contributed by atoms with Gasteiger partial charge in [0.1, 0.15) is 54.1 Å². The van der Waals surface area contributed by atoms with Gasteiger partial charge in [-0.25, -0.2) is 4.79 Å². The van der Waals surface area contributed by atoms with Gasteiger partial charge in [0.15, 0.2) is 5.96 Å². The maximum Gasteiger partial charge on any atom is 0.326 e. The molecule has 10 amide bonds. The molecule has 0 aromatic heterocycles. The summed E-state index contributed by atoms with van der Waals surface area (Å²) in [6.45, 7) is 7.09. The van der Waals surface area contributed by atoms with E-state index in [-0.39, 0.29) is 99.9 Å². The van der Waals surface area contributed by atoms with Crippen LogP contribution in [0.4, 0.5) is 0 Å². The molecule has 1 aromatic rings. The number of carboxylic acid groups (broad SMARTS) is 1. The van der Waals surface area contributed by atoms with E-state index in [2.05, 4.69) is 52.8 Å². The molecule has 0 aliphatic carbocycles. The highest BCUT2D eigenvalue weighted by Crippen LogP contribution is 2.22. The van der Waals surface area contributed by atoms with Gasteiger partial charge >= 0.3 is 5.97 Å². The minimum Gasteiger partial charge on any atom is -0.508 e. The van der Waals surface area contributed by atoms with Gasteiger partial charge in [-0.1, -0.05) is 46.2 Å². The number of nitrogens with zero attached hydrogens (tertiary/aromatic N) is 3. The number of rotatable bonds is 38. The Morgan fingerprint density at radius 1 is 0.747 bits per heavy atom. The number of carboxylic acids is 1. The van der Waals surface area contributed by atoms with E-state index in [4.69, 9.17) is 17.2 Å². The molecular weight excluding hydrogens is 1100 g/mol. The van der Waals surface area contributed by atoms with Gasteiger partial charge in [0, 0.05) is 32.2 Å². The number of aliphatic hydroxyl groups is 1. The fourth-order valence-corrected chi connectivity index (χ4v) is 9.49. The lowest BCUT2D eigenvalue weighted by molar-refractivity contribution is -0.143. The number of benzene rings is 1. The number of amides is 10. The number of likely N-dealkylation sites (tertiary alicyclic amines) is 1. The monoisotopic (exact) mass is 1190 g/mol. The van der Waals surface area contributed by atoms with Gasteiger partial charge in [-0.15, -0.1) is 11.8 Å². The maximum atomic E-state index is 14.7. The number of nitrogens with two attached hydrogens (primary N) is 3. The molecule has 1 fully saturated rings. The van der Waals surface area contributed by atoms with Gasteiger partial charge in [-0.3, -0.25) is 52.9 Å². The summed E-state index contributed by atoms with van der Waals surface area (Å²) in [5, 5.41) is 52.9. The van der Waals surface area contributed by atoms with E-state index in [0.717, 1.165) is 11.8 Å². The Hall–Kier alpha value is -7.31. The number of aromatic hydroxyl groups is 1. The van der Waals surface area contributed by atoms with Crippen LogP contribution in [0.25, 0.3) is 0 Å². The number of aliphatic carboxylic acids is 1. The number of carbonyl (C=O) groups excluding carboxylic acids is 10. The van der Waals surface area contributed by atoms with Crippen molar-refractivity contribution in [3.63, 3.8) is 0 Å². The summed E-state index contributed by atoms with van der Waals surface area (Å²) >= 11 is 1.05. The number of phenols is 1. The summed E-state index contributed by atoms with van der Waals surface area (Å²) in [7, 11) is 3.24. The van der Waals surface area contributed by atoms with E-state index in [1.807, 2.05) is 0 Å². The van der Waals surface area contributed by atoms with Crippen LogP contribution >= 0.6 is 11.8 Å². The number of likely N-dealkylation sites (N-methyl/N-ethyl adjacent to an activating group) is 1. The number of thioether (sulfide) groups is 1. The minimum absolute atomic E-state index is 0.0229. The van der Waals surface area contributed by atoms with Crippen LogP contribution in [0.3, 0.4) is 0 Å².